The van der Waals surface area contributed by atoms with E-state index in [2.05, 4.69) is 24.9 Å². The first kappa shape index (κ1) is 11.5. The Hall–Kier alpha value is -1.01. The van der Waals surface area contributed by atoms with E-state index in [1.54, 1.807) is 11.8 Å². The summed E-state index contributed by atoms with van der Waals surface area (Å²) in [6, 6.07) is 4.14. The van der Waals surface area contributed by atoms with E-state index in [4.69, 9.17) is 5.26 Å². The van der Waals surface area contributed by atoms with Crippen LogP contribution in [-0.2, 0) is 12.8 Å². The number of aryl methyl sites for hydroxylation is 1. The van der Waals surface area contributed by atoms with Gasteiger partial charge in [0.05, 0.1) is 0 Å². The molecule has 0 unspecified atom stereocenters. The Morgan fingerprint density at radius 2 is 2.12 bits per heavy atom. The smallest absolute Gasteiger partial charge is 0.142 e. The molecule has 1 aromatic heterocycles. The standard InChI is InChI=1S/C13H16N2S/c1-9(2)16-13-12-6-4-3-5-10(12)7-11(8-14)15-13/h7,9H,3-6H2,1-2H3. The van der Waals surface area contributed by atoms with Gasteiger partial charge in [0.2, 0.25) is 0 Å². The minimum atomic E-state index is 0.521. The summed E-state index contributed by atoms with van der Waals surface area (Å²) in [6.45, 7) is 4.33. The summed E-state index contributed by atoms with van der Waals surface area (Å²) in [4.78, 5) is 4.45. The number of nitriles is 1. The van der Waals surface area contributed by atoms with Crippen molar-refractivity contribution in [2.45, 2.75) is 49.8 Å². The molecular formula is C13H16N2S. The average molecular weight is 232 g/mol. The number of hydrogen-bond acceptors (Lipinski definition) is 3. The van der Waals surface area contributed by atoms with Gasteiger partial charge in [-0.1, -0.05) is 13.8 Å². The van der Waals surface area contributed by atoms with Crippen LogP contribution in [0.5, 0.6) is 0 Å². The zero-order chi connectivity index (χ0) is 11.5. The molecule has 0 atom stereocenters. The highest BCUT2D eigenvalue weighted by Gasteiger charge is 2.17. The van der Waals surface area contributed by atoms with Crippen LogP contribution in [0.1, 0.15) is 43.5 Å². The van der Waals surface area contributed by atoms with E-state index < -0.39 is 0 Å². The summed E-state index contributed by atoms with van der Waals surface area (Å²) in [5, 5.41) is 10.6. The molecule has 1 aliphatic carbocycles. The molecule has 0 saturated carbocycles. The lowest BCUT2D eigenvalue weighted by Crippen LogP contribution is -2.08. The first-order chi connectivity index (χ1) is 7.70. The van der Waals surface area contributed by atoms with Crippen molar-refractivity contribution in [1.82, 2.24) is 4.98 Å². The van der Waals surface area contributed by atoms with Crippen molar-refractivity contribution in [2.24, 2.45) is 0 Å². The van der Waals surface area contributed by atoms with Gasteiger partial charge in [-0.05, 0) is 42.9 Å². The average Bonchev–Trinajstić information content (AvgIpc) is 2.28. The van der Waals surface area contributed by atoms with E-state index in [1.165, 1.54) is 24.0 Å². The SMILES string of the molecule is CC(C)Sc1nc(C#N)cc2c1CCCC2. The van der Waals surface area contributed by atoms with Gasteiger partial charge in [-0.15, -0.1) is 11.8 Å². The van der Waals surface area contributed by atoms with Crippen molar-refractivity contribution in [1.29, 1.82) is 5.26 Å². The second kappa shape index (κ2) is 4.88. The highest BCUT2D eigenvalue weighted by Crippen LogP contribution is 2.32. The molecule has 0 aliphatic heterocycles. The molecule has 0 N–H and O–H groups in total. The molecule has 2 rings (SSSR count). The molecule has 84 valence electrons. The van der Waals surface area contributed by atoms with Crippen LogP contribution < -0.4 is 0 Å². The molecule has 1 heterocycles. The summed E-state index contributed by atoms with van der Waals surface area (Å²) in [5.74, 6) is 0. The van der Waals surface area contributed by atoms with Gasteiger partial charge in [-0.2, -0.15) is 5.26 Å². The van der Waals surface area contributed by atoms with Gasteiger partial charge in [-0.25, -0.2) is 4.98 Å². The van der Waals surface area contributed by atoms with Gasteiger partial charge >= 0.3 is 0 Å². The van der Waals surface area contributed by atoms with Crippen molar-refractivity contribution in [3.63, 3.8) is 0 Å². The molecule has 0 amide bonds. The van der Waals surface area contributed by atoms with Crippen LogP contribution in [0.2, 0.25) is 0 Å². The molecular weight excluding hydrogens is 216 g/mol. The minimum absolute atomic E-state index is 0.521. The number of rotatable bonds is 2. The Balaban J connectivity index is 2.44. The fourth-order valence-electron chi connectivity index (χ4n) is 2.08. The zero-order valence-electron chi connectivity index (χ0n) is 9.79. The molecule has 0 saturated heterocycles. The lowest BCUT2D eigenvalue weighted by molar-refractivity contribution is 0.666. The third-order valence-corrected chi connectivity index (χ3v) is 3.80. The first-order valence-corrected chi connectivity index (χ1v) is 6.68. The molecule has 0 aromatic carbocycles. The highest BCUT2D eigenvalue weighted by molar-refractivity contribution is 7.99. The van der Waals surface area contributed by atoms with Crippen molar-refractivity contribution >= 4 is 11.8 Å². The number of pyridine rings is 1. The fourth-order valence-corrected chi connectivity index (χ4v) is 3.06. The Bertz CT molecular complexity index is 432. The normalized spacial score (nSPS) is 14.6. The number of thioether (sulfide) groups is 1. The monoisotopic (exact) mass is 232 g/mol. The lowest BCUT2D eigenvalue weighted by Gasteiger charge is -2.19. The molecule has 0 radical (unpaired) electrons. The molecule has 0 spiro atoms. The maximum Gasteiger partial charge on any atom is 0.142 e. The second-order valence-electron chi connectivity index (χ2n) is 4.44. The molecule has 0 bridgehead atoms. The Kier molecular flexibility index (Phi) is 3.50. The van der Waals surface area contributed by atoms with Crippen LogP contribution in [0.25, 0.3) is 0 Å². The highest BCUT2D eigenvalue weighted by atomic mass is 32.2. The minimum Gasteiger partial charge on any atom is -0.230 e. The van der Waals surface area contributed by atoms with Crippen LogP contribution in [0.3, 0.4) is 0 Å². The number of fused-ring (bicyclic) bond motifs is 1. The molecule has 16 heavy (non-hydrogen) atoms. The van der Waals surface area contributed by atoms with Crippen LogP contribution in [0.15, 0.2) is 11.1 Å². The van der Waals surface area contributed by atoms with Gasteiger partial charge in [0.25, 0.3) is 0 Å². The number of hydrogen-bond donors (Lipinski definition) is 0. The van der Waals surface area contributed by atoms with Gasteiger partial charge in [-0.3, -0.25) is 0 Å². The topological polar surface area (TPSA) is 36.7 Å². The molecule has 3 heteroatoms. The van der Waals surface area contributed by atoms with Gasteiger partial charge in [0.15, 0.2) is 0 Å². The van der Waals surface area contributed by atoms with E-state index in [1.807, 2.05) is 6.07 Å². The van der Waals surface area contributed by atoms with Gasteiger partial charge in [0, 0.05) is 5.25 Å². The summed E-state index contributed by atoms with van der Waals surface area (Å²) < 4.78 is 0. The Morgan fingerprint density at radius 3 is 2.81 bits per heavy atom. The fraction of sp³-hybridized carbons (Fsp3) is 0.538. The Labute approximate surface area is 101 Å². The maximum absolute atomic E-state index is 8.98. The zero-order valence-corrected chi connectivity index (χ0v) is 10.6. The number of nitrogens with zero attached hydrogens (tertiary/aromatic N) is 2. The van der Waals surface area contributed by atoms with E-state index in [0.717, 1.165) is 17.9 Å². The van der Waals surface area contributed by atoms with Gasteiger partial charge < -0.3 is 0 Å². The third-order valence-electron chi connectivity index (χ3n) is 2.76. The first-order valence-electron chi connectivity index (χ1n) is 5.80. The van der Waals surface area contributed by atoms with E-state index in [-0.39, 0.29) is 0 Å². The van der Waals surface area contributed by atoms with Crippen LogP contribution in [0.4, 0.5) is 0 Å². The third kappa shape index (κ3) is 2.38. The van der Waals surface area contributed by atoms with Crippen LogP contribution >= 0.6 is 11.8 Å². The van der Waals surface area contributed by atoms with Crippen LogP contribution in [0, 0.1) is 11.3 Å². The molecule has 1 aliphatic rings. The van der Waals surface area contributed by atoms with E-state index >= 15 is 0 Å². The van der Waals surface area contributed by atoms with Crippen molar-refractivity contribution < 1.29 is 0 Å². The Morgan fingerprint density at radius 1 is 1.38 bits per heavy atom. The van der Waals surface area contributed by atoms with E-state index in [0.29, 0.717) is 10.9 Å². The lowest BCUT2D eigenvalue weighted by atomic mass is 9.93. The van der Waals surface area contributed by atoms with Crippen molar-refractivity contribution in [3.05, 3.63) is 22.9 Å². The summed E-state index contributed by atoms with van der Waals surface area (Å²) in [7, 11) is 0. The van der Waals surface area contributed by atoms with Crippen molar-refractivity contribution in [3.8, 4) is 6.07 Å². The van der Waals surface area contributed by atoms with Crippen molar-refractivity contribution in [2.75, 3.05) is 0 Å². The summed E-state index contributed by atoms with van der Waals surface area (Å²) in [6.07, 6.45) is 4.74. The van der Waals surface area contributed by atoms with Gasteiger partial charge in [0.1, 0.15) is 16.8 Å². The van der Waals surface area contributed by atoms with E-state index in [9.17, 15) is 0 Å². The molecule has 1 aromatic rings. The predicted molar refractivity (Wildman–Crippen MR) is 66.6 cm³/mol. The molecule has 2 nitrogen and oxygen atoms in total. The number of aromatic nitrogens is 1. The predicted octanol–water partition coefficient (Wildman–Crippen LogP) is 3.33. The maximum atomic E-state index is 8.98. The largest absolute Gasteiger partial charge is 0.230 e. The molecule has 0 fully saturated rings. The summed E-state index contributed by atoms with van der Waals surface area (Å²) >= 11 is 1.78. The summed E-state index contributed by atoms with van der Waals surface area (Å²) in [5.41, 5.74) is 3.31. The second-order valence-corrected chi connectivity index (χ2v) is 6.00. The van der Waals surface area contributed by atoms with Crippen LogP contribution in [-0.4, -0.2) is 10.2 Å². The quantitative estimate of drug-likeness (QED) is 0.734.